The van der Waals surface area contributed by atoms with E-state index in [1.165, 1.54) is 0 Å². The van der Waals surface area contributed by atoms with Crippen LogP contribution in [0.5, 0.6) is 0 Å². The number of rotatable bonds is 6. The first kappa shape index (κ1) is 15.5. The molecule has 0 spiro atoms. The molecule has 0 fully saturated rings. The van der Waals surface area contributed by atoms with Crippen LogP contribution in [0, 0.1) is 0 Å². The zero-order valence-corrected chi connectivity index (χ0v) is 12.8. The molecule has 0 atom stereocenters. The number of imidazole rings is 1. The summed E-state index contributed by atoms with van der Waals surface area (Å²) in [6.07, 6.45) is 7.70. The van der Waals surface area contributed by atoms with Gasteiger partial charge >= 0.3 is 0 Å². The van der Waals surface area contributed by atoms with Gasteiger partial charge in [0.25, 0.3) is 0 Å². The topological polar surface area (TPSA) is 68.6 Å². The zero-order chi connectivity index (χ0) is 15.1. The molecule has 2 rings (SSSR count). The third-order valence-corrected chi connectivity index (χ3v) is 3.56. The van der Waals surface area contributed by atoms with Crippen molar-refractivity contribution >= 4 is 35.1 Å². The number of benzene rings is 1. The van der Waals surface area contributed by atoms with Crippen LogP contribution in [0.3, 0.4) is 0 Å². The zero-order valence-electron chi connectivity index (χ0n) is 11.3. The first-order valence-corrected chi connectivity index (χ1v) is 7.11. The third kappa shape index (κ3) is 4.88. The fraction of sp³-hybridized carbons (Fsp3) is 0.214. The van der Waals surface area contributed by atoms with E-state index < -0.39 is 0 Å². The number of nitrogens with two attached hydrogens (primary N) is 1. The monoisotopic (exact) mass is 323 g/mol. The van der Waals surface area contributed by atoms with E-state index in [9.17, 15) is 0 Å². The Hall–Kier alpha value is -1.85. The Morgan fingerprint density at radius 2 is 2.19 bits per heavy atom. The van der Waals surface area contributed by atoms with Crippen molar-refractivity contribution in [2.45, 2.75) is 13.0 Å². The lowest BCUT2D eigenvalue weighted by molar-refractivity contribution is 0.851. The second-order valence-corrected chi connectivity index (χ2v) is 5.20. The standard InChI is InChI=1S/C14H15Cl2N5/c15-13-2-1-11(7-14(13)16)3-4-18-8-12(20-17)9-21-6-5-19-10-21/h1-2,5-8,10H,3-4,9,17H2/b18-8?,20-12+. The molecule has 110 valence electrons. The fourth-order valence-electron chi connectivity index (χ4n) is 1.74. The van der Waals surface area contributed by atoms with Crippen LogP contribution < -0.4 is 5.84 Å². The van der Waals surface area contributed by atoms with E-state index >= 15 is 0 Å². The maximum absolute atomic E-state index is 5.96. The van der Waals surface area contributed by atoms with Gasteiger partial charge in [-0.2, -0.15) is 5.10 Å². The van der Waals surface area contributed by atoms with Crippen molar-refractivity contribution in [1.82, 2.24) is 9.55 Å². The van der Waals surface area contributed by atoms with Crippen molar-refractivity contribution in [3.8, 4) is 0 Å². The summed E-state index contributed by atoms with van der Waals surface area (Å²) >= 11 is 11.8. The summed E-state index contributed by atoms with van der Waals surface area (Å²) in [5, 5.41) is 4.83. The van der Waals surface area contributed by atoms with Gasteiger partial charge in [0.2, 0.25) is 0 Å². The molecule has 21 heavy (non-hydrogen) atoms. The fourth-order valence-corrected chi connectivity index (χ4v) is 2.06. The molecule has 0 saturated heterocycles. The summed E-state index contributed by atoms with van der Waals surface area (Å²) in [7, 11) is 0. The van der Waals surface area contributed by atoms with Crippen LogP contribution in [0.4, 0.5) is 0 Å². The van der Waals surface area contributed by atoms with E-state index in [4.69, 9.17) is 29.0 Å². The summed E-state index contributed by atoms with van der Waals surface area (Å²) in [5.41, 5.74) is 1.77. The Kier molecular flexibility index (Phi) is 5.78. The van der Waals surface area contributed by atoms with Crippen LogP contribution in [0.2, 0.25) is 10.0 Å². The Morgan fingerprint density at radius 1 is 1.33 bits per heavy atom. The first-order valence-electron chi connectivity index (χ1n) is 6.35. The number of hydrogen-bond acceptors (Lipinski definition) is 4. The number of aromatic nitrogens is 2. The largest absolute Gasteiger partial charge is 0.331 e. The molecule has 1 aromatic carbocycles. The Labute approximate surface area is 133 Å². The van der Waals surface area contributed by atoms with Crippen LogP contribution in [-0.2, 0) is 13.0 Å². The van der Waals surface area contributed by atoms with Crippen LogP contribution in [-0.4, -0.2) is 28.0 Å². The summed E-state index contributed by atoms with van der Waals surface area (Å²) in [6.45, 7) is 1.17. The molecule has 0 aliphatic carbocycles. The van der Waals surface area contributed by atoms with Crippen molar-refractivity contribution in [1.29, 1.82) is 0 Å². The quantitative estimate of drug-likeness (QED) is 0.504. The van der Waals surface area contributed by atoms with Gasteiger partial charge in [-0.3, -0.25) is 4.99 Å². The normalized spacial score (nSPS) is 12.2. The van der Waals surface area contributed by atoms with Crippen molar-refractivity contribution in [2.24, 2.45) is 15.9 Å². The average Bonchev–Trinajstić information content (AvgIpc) is 2.99. The van der Waals surface area contributed by atoms with Gasteiger partial charge in [-0.25, -0.2) is 4.98 Å². The smallest absolute Gasteiger partial charge is 0.0975 e. The summed E-state index contributed by atoms with van der Waals surface area (Å²) in [5.74, 6) is 5.35. The van der Waals surface area contributed by atoms with Crippen LogP contribution in [0.25, 0.3) is 0 Å². The second kappa shape index (κ2) is 7.81. The van der Waals surface area contributed by atoms with Gasteiger partial charge in [-0.15, -0.1) is 0 Å². The molecule has 0 unspecified atom stereocenters. The molecule has 2 aromatic rings. The van der Waals surface area contributed by atoms with Crippen molar-refractivity contribution < 1.29 is 0 Å². The van der Waals surface area contributed by atoms with Crippen LogP contribution in [0.15, 0.2) is 47.0 Å². The van der Waals surface area contributed by atoms with E-state index in [1.807, 2.05) is 22.9 Å². The molecule has 0 aliphatic heterocycles. The minimum atomic E-state index is 0.548. The summed E-state index contributed by atoms with van der Waals surface area (Å²) < 4.78 is 1.87. The van der Waals surface area contributed by atoms with Gasteiger partial charge in [0.15, 0.2) is 0 Å². The SMILES string of the molecule is N/N=C(\C=NCCc1ccc(Cl)c(Cl)c1)Cn1ccnc1. The number of nitrogens with zero attached hydrogens (tertiary/aromatic N) is 4. The minimum Gasteiger partial charge on any atom is -0.331 e. The summed E-state index contributed by atoms with van der Waals surface area (Å²) in [6, 6.07) is 5.57. The van der Waals surface area contributed by atoms with Gasteiger partial charge in [0.1, 0.15) is 0 Å². The lowest BCUT2D eigenvalue weighted by Gasteiger charge is -2.02. The molecule has 0 bridgehead atoms. The van der Waals surface area contributed by atoms with Gasteiger partial charge < -0.3 is 10.4 Å². The highest BCUT2D eigenvalue weighted by molar-refractivity contribution is 6.42. The van der Waals surface area contributed by atoms with E-state index in [0.717, 1.165) is 12.0 Å². The molecular weight excluding hydrogens is 309 g/mol. The third-order valence-electron chi connectivity index (χ3n) is 2.82. The van der Waals surface area contributed by atoms with Crippen LogP contribution in [0.1, 0.15) is 5.56 Å². The Morgan fingerprint density at radius 3 is 2.86 bits per heavy atom. The van der Waals surface area contributed by atoms with Gasteiger partial charge in [0.05, 0.1) is 28.6 Å². The van der Waals surface area contributed by atoms with Crippen molar-refractivity contribution in [2.75, 3.05) is 6.54 Å². The molecule has 0 amide bonds. The van der Waals surface area contributed by atoms with E-state index in [0.29, 0.717) is 28.8 Å². The number of hydrogen-bond donors (Lipinski definition) is 1. The molecule has 1 aromatic heterocycles. The van der Waals surface area contributed by atoms with Crippen molar-refractivity contribution in [3.63, 3.8) is 0 Å². The second-order valence-electron chi connectivity index (χ2n) is 4.39. The molecule has 0 radical (unpaired) electrons. The highest BCUT2D eigenvalue weighted by Crippen LogP contribution is 2.22. The van der Waals surface area contributed by atoms with E-state index in [1.54, 1.807) is 24.8 Å². The highest BCUT2D eigenvalue weighted by atomic mass is 35.5. The maximum Gasteiger partial charge on any atom is 0.0975 e. The predicted octanol–water partition coefficient (Wildman–Crippen LogP) is 2.82. The molecule has 0 aliphatic rings. The lowest BCUT2D eigenvalue weighted by atomic mass is 10.1. The Balaban J connectivity index is 1.85. The van der Waals surface area contributed by atoms with E-state index in [-0.39, 0.29) is 0 Å². The average molecular weight is 324 g/mol. The van der Waals surface area contributed by atoms with Gasteiger partial charge in [-0.05, 0) is 24.1 Å². The molecule has 7 heteroatoms. The molecule has 2 N–H and O–H groups in total. The Bertz CT molecular complexity index is 635. The summed E-state index contributed by atoms with van der Waals surface area (Å²) in [4.78, 5) is 8.29. The van der Waals surface area contributed by atoms with Gasteiger partial charge in [0, 0.05) is 25.2 Å². The highest BCUT2D eigenvalue weighted by Gasteiger charge is 2.00. The number of hydrazone groups is 1. The predicted molar refractivity (Wildman–Crippen MR) is 87.4 cm³/mol. The molecular formula is C14H15Cl2N5. The van der Waals surface area contributed by atoms with Crippen molar-refractivity contribution in [3.05, 3.63) is 52.5 Å². The number of halogens is 2. The number of aliphatic imine (C=N–C) groups is 1. The van der Waals surface area contributed by atoms with Gasteiger partial charge in [-0.1, -0.05) is 29.3 Å². The lowest BCUT2D eigenvalue weighted by Crippen LogP contribution is -2.12. The molecule has 1 heterocycles. The minimum absolute atomic E-state index is 0.548. The molecule has 5 nitrogen and oxygen atoms in total. The first-order chi connectivity index (χ1) is 10.2. The van der Waals surface area contributed by atoms with E-state index in [2.05, 4.69) is 15.1 Å². The maximum atomic E-state index is 5.96. The molecule has 0 saturated carbocycles. The van der Waals surface area contributed by atoms with Crippen LogP contribution >= 0.6 is 23.2 Å².